The molecular weight excluding hydrogens is 378 g/mol. The van der Waals surface area contributed by atoms with E-state index in [0.29, 0.717) is 31.1 Å². The molecule has 0 saturated heterocycles. The van der Waals surface area contributed by atoms with Crippen molar-refractivity contribution < 1.29 is 14.3 Å². The van der Waals surface area contributed by atoms with Crippen LogP contribution in [0, 0.1) is 13.8 Å². The molecule has 1 N–H and O–H groups in total. The van der Waals surface area contributed by atoms with Crippen LogP contribution >= 0.6 is 0 Å². The third kappa shape index (κ3) is 5.00. The number of hydrogen-bond donors (Lipinski definition) is 1. The molecule has 0 aliphatic carbocycles. The van der Waals surface area contributed by atoms with E-state index < -0.39 is 0 Å². The van der Waals surface area contributed by atoms with Crippen molar-refractivity contribution in [1.82, 2.24) is 9.47 Å². The molecule has 1 aromatic heterocycles. The Hall–Kier alpha value is -3.28. The number of amides is 2. The summed E-state index contributed by atoms with van der Waals surface area (Å²) in [6.45, 7) is 9.60. The van der Waals surface area contributed by atoms with E-state index in [2.05, 4.69) is 5.32 Å². The van der Waals surface area contributed by atoms with Crippen molar-refractivity contribution in [2.75, 3.05) is 25.0 Å². The second-order valence-corrected chi connectivity index (χ2v) is 7.39. The lowest BCUT2D eigenvalue weighted by atomic mass is 10.1. The van der Waals surface area contributed by atoms with Crippen LogP contribution in [0.1, 0.15) is 25.0 Å². The van der Waals surface area contributed by atoms with Crippen LogP contribution in [0.25, 0.3) is 10.9 Å². The molecule has 6 nitrogen and oxygen atoms in total. The number of hydrogen-bond acceptors (Lipinski definition) is 3. The summed E-state index contributed by atoms with van der Waals surface area (Å²) >= 11 is 0. The van der Waals surface area contributed by atoms with Crippen LogP contribution in [0.15, 0.2) is 48.7 Å². The van der Waals surface area contributed by atoms with Crippen LogP contribution in [-0.4, -0.2) is 41.0 Å². The van der Waals surface area contributed by atoms with Gasteiger partial charge in [-0.25, -0.2) is 0 Å². The predicted octanol–water partition coefficient (Wildman–Crippen LogP) is 4.14. The van der Waals surface area contributed by atoms with E-state index in [1.165, 1.54) is 0 Å². The van der Waals surface area contributed by atoms with Crippen LogP contribution in [-0.2, 0) is 16.1 Å². The van der Waals surface area contributed by atoms with Crippen molar-refractivity contribution >= 4 is 28.4 Å². The Morgan fingerprint density at radius 1 is 1.03 bits per heavy atom. The van der Waals surface area contributed by atoms with Gasteiger partial charge in [-0.3, -0.25) is 9.59 Å². The highest BCUT2D eigenvalue weighted by molar-refractivity contribution is 5.95. The summed E-state index contributed by atoms with van der Waals surface area (Å²) in [4.78, 5) is 26.5. The molecular formula is C24H29N3O3. The first-order valence-electron chi connectivity index (χ1n) is 10.3. The number of aromatic nitrogens is 1. The first-order valence-corrected chi connectivity index (χ1v) is 10.3. The molecule has 0 saturated carbocycles. The number of ether oxygens (including phenoxy) is 1. The number of likely N-dealkylation sites (N-methyl/N-ethyl adjacent to an activating group) is 1. The normalized spacial score (nSPS) is 10.8. The molecule has 2 aromatic carbocycles. The molecule has 3 rings (SSSR count). The SMILES string of the molecule is CCN(CC)C(=O)Cn1ccc2cc(NC(=O)COc3ccc(C)cc3C)ccc21. The van der Waals surface area contributed by atoms with E-state index in [4.69, 9.17) is 4.74 Å². The molecule has 6 heteroatoms. The molecule has 0 spiro atoms. The average Bonchev–Trinajstić information content (AvgIpc) is 3.10. The Bertz CT molecular complexity index is 1050. The van der Waals surface area contributed by atoms with Gasteiger partial charge < -0.3 is 19.5 Å². The number of nitrogens with zero attached hydrogens (tertiary/aromatic N) is 2. The number of aryl methyl sites for hydroxylation is 2. The Morgan fingerprint density at radius 2 is 1.80 bits per heavy atom. The minimum absolute atomic E-state index is 0.0542. The summed E-state index contributed by atoms with van der Waals surface area (Å²) in [5.74, 6) is 0.588. The molecule has 0 atom stereocenters. The lowest BCUT2D eigenvalue weighted by molar-refractivity contribution is -0.131. The van der Waals surface area contributed by atoms with Crippen molar-refractivity contribution in [3.63, 3.8) is 0 Å². The highest BCUT2D eigenvalue weighted by Crippen LogP contribution is 2.22. The van der Waals surface area contributed by atoms with Crippen LogP contribution in [0.4, 0.5) is 5.69 Å². The number of fused-ring (bicyclic) bond motifs is 1. The first kappa shape index (κ1) is 21.4. The molecule has 30 heavy (non-hydrogen) atoms. The van der Waals surface area contributed by atoms with E-state index in [9.17, 15) is 9.59 Å². The molecule has 0 aliphatic heterocycles. The van der Waals surface area contributed by atoms with Crippen molar-refractivity contribution in [3.05, 3.63) is 59.8 Å². The topological polar surface area (TPSA) is 63.6 Å². The maximum atomic E-state index is 12.4. The van der Waals surface area contributed by atoms with Gasteiger partial charge in [0.15, 0.2) is 6.61 Å². The third-order valence-corrected chi connectivity index (χ3v) is 5.17. The molecule has 1 heterocycles. The Kier molecular flexibility index (Phi) is 6.77. The van der Waals surface area contributed by atoms with Gasteiger partial charge in [-0.1, -0.05) is 17.7 Å². The van der Waals surface area contributed by atoms with Crippen molar-refractivity contribution in [3.8, 4) is 5.75 Å². The van der Waals surface area contributed by atoms with Gasteiger partial charge in [-0.15, -0.1) is 0 Å². The fraction of sp³-hybridized carbons (Fsp3) is 0.333. The third-order valence-electron chi connectivity index (χ3n) is 5.17. The van der Waals surface area contributed by atoms with Crippen LogP contribution in [0.3, 0.4) is 0 Å². The summed E-state index contributed by atoms with van der Waals surface area (Å²) < 4.78 is 7.58. The summed E-state index contributed by atoms with van der Waals surface area (Å²) in [7, 11) is 0. The second kappa shape index (κ2) is 9.48. The largest absolute Gasteiger partial charge is 0.483 e. The monoisotopic (exact) mass is 407 g/mol. The van der Waals surface area contributed by atoms with E-state index in [1.54, 1.807) is 0 Å². The molecule has 0 fully saturated rings. The molecule has 2 amide bonds. The molecule has 3 aromatic rings. The Balaban J connectivity index is 1.63. The zero-order valence-corrected chi connectivity index (χ0v) is 18.1. The first-order chi connectivity index (χ1) is 14.4. The number of carbonyl (C=O) groups is 2. The minimum atomic E-state index is -0.217. The van der Waals surface area contributed by atoms with Gasteiger partial charge in [0, 0.05) is 35.9 Å². The summed E-state index contributed by atoms with van der Waals surface area (Å²) in [6, 6.07) is 13.5. The quantitative estimate of drug-likeness (QED) is 0.610. The standard InChI is InChI=1S/C24H29N3O3/c1-5-26(6-2)24(29)15-27-12-11-19-14-20(8-9-21(19)27)25-23(28)16-30-22-10-7-17(3)13-18(22)4/h7-14H,5-6,15-16H2,1-4H3,(H,25,28). The molecule has 0 bridgehead atoms. The lowest BCUT2D eigenvalue weighted by Gasteiger charge is -2.19. The fourth-order valence-electron chi connectivity index (χ4n) is 3.54. The molecule has 0 unspecified atom stereocenters. The number of anilines is 1. The van der Waals surface area contributed by atoms with E-state index >= 15 is 0 Å². The minimum Gasteiger partial charge on any atom is -0.483 e. The van der Waals surface area contributed by atoms with Crippen molar-refractivity contribution in [1.29, 1.82) is 0 Å². The summed E-state index contributed by atoms with van der Waals surface area (Å²) in [6.07, 6.45) is 1.90. The van der Waals surface area contributed by atoms with Gasteiger partial charge in [0.2, 0.25) is 5.91 Å². The van der Waals surface area contributed by atoms with Crippen molar-refractivity contribution in [2.24, 2.45) is 0 Å². The number of rotatable bonds is 8. The van der Waals surface area contributed by atoms with Crippen LogP contribution in [0.5, 0.6) is 5.75 Å². The van der Waals surface area contributed by atoms with Gasteiger partial charge in [0.05, 0.1) is 0 Å². The smallest absolute Gasteiger partial charge is 0.262 e. The predicted molar refractivity (Wildman–Crippen MR) is 120 cm³/mol. The Labute approximate surface area is 177 Å². The van der Waals surface area contributed by atoms with Crippen LogP contribution < -0.4 is 10.1 Å². The number of benzene rings is 2. The highest BCUT2D eigenvalue weighted by Gasteiger charge is 2.12. The molecule has 0 aliphatic rings. The maximum absolute atomic E-state index is 12.4. The molecule has 0 radical (unpaired) electrons. The van der Waals surface area contributed by atoms with Gasteiger partial charge in [-0.2, -0.15) is 0 Å². The van der Waals surface area contributed by atoms with E-state index in [1.807, 2.05) is 85.8 Å². The fourth-order valence-corrected chi connectivity index (χ4v) is 3.54. The van der Waals surface area contributed by atoms with Gasteiger partial charge in [-0.05, 0) is 63.6 Å². The highest BCUT2D eigenvalue weighted by atomic mass is 16.5. The van der Waals surface area contributed by atoms with E-state index in [-0.39, 0.29) is 18.4 Å². The zero-order chi connectivity index (χ0) is 21.7. The second-order valence-electron chi connectivity index (χ2n) is 7.39. The lowest BCUT2D eigenvalue weighted by Crippen LogP contribution is -2.33. The van der Waals surface area contributed by atoms with Gasteiger partial charge >= 0.3 is 0 Å². The summed E-state index contributed by atoms with van der Waals surface area (Å²) in [5, 5.41) is 3.84. The van der Waals surface area contributed by atoms with Crippen LogP contribution in [0.2, 0.25) is 0 Å². The number of nitrogens with one attached hydrogen (secondary N) is 1. The maximum Gasteiger partial charge on any atom is 0.262 e. The van der Waals surface area contributed by atoms with E-state index in [0.717, 1.165) is 22.0 Å². The zero-order valence-electron chi connectivity index (χ0n) is 18.1. The van der Waals surface area contributed by atoms with Crippen molar-refractivity contribution in [2.45, 2.75) is 34.2 Å². The number of carbonyl (C=O) groups excluding carboxylic acids is 2. The van der Waals surface area contributed by atoms with Gasteiger partial charge in [0.1, 0.15) is 12.3 Å². The Morgan fingerprint density at radius 3 is 2.50 bits per heavy atom. The van der Waals surface area contributed by atoms with Gasteiger partial charge in [0.25, 0.3) is 5.91 Å². The molecule has 158 valence electrons. The average molecular weight is 408 g/mol. The summed E-state index contributed by atoms with van der Waals surface area (Å²) in [5.41, 5.74) is 3.82.